The van der Waals surface area contributed by atoms with E-state index in [4.69, 9.17) is 16.0 Å². The van der Waals surface area contributed by atoms with Crippen molar-refractivity contribution in [2.45, 2.75) is 45.6 Å². The normalized spacial score (nSPS) is 12.3. The van der Waals surface area contributed by atoms with Crippen molar-refractivity contribution in [3.05, 3.63) is 41.2 Å². The fourth-order valence-electron chi connectivity index (χ4n) is 2.11. The first-order valence-electron chi connectivity index (χ1n) is 6.99. The minimum absolute atomic E-state index is 0.293. The quantitative estimate of drug-likeness (QED) is 0.781. The van der Waals surface area contributed by atoms with E-state index in [-0.39, 0.29) is 0 Å². The molecule has 20 heavy (non-hydrogen) atoms. The van der Waals surface area contributed by atoms with E-state index in [2.05, 4.69) is 29.1 Å². The Kier molecular flexibility index (Phi) is 5.41. The van der Waals surface area contributed by atoms with Crippen LogP contribution in [-0.2, 0) is 12.8 Å². The maximum Gasteiger partial charge on any atom is 0.137 e. The molecule has 0 fully saturated rings. The molecule has 0 saturated heterocycles. The van der Waals surface area contributed by atoms with Gasteiger partial charge in [-0.25, -0.2) is 9.97 Å². The number of rotatable bonds is 7. The highest BCUT2D eigenvalue weighted by Gasteiger charge is 2.12. The van der Waals surface area contributed by atoms with E-state index >= 15 is 0 Å². The van der Waals surface area contributed by atoms with Gasteiger partial charge < -0.3 is 9.73 Å². The molecule has 4 nitrogen and oxygen atoms in total. The molecule has 1 unspecified atom stereocenters. The van der Waals surface area contributed by atoms with E-state index in [1.54, 1.807) is 6.26 Å². The summed E-state index contributed by atoms with van der Waals surface area (Å²) in [5.41, 5.74) is 1.00. The summed E-state index contributed by atoms with van der Waals surface area (Å²) in [5, 5.41) is 3.97. The van der Waals surface area contributed by atoms with Crippen LogP contribution >= 0.6 is 11.6 Å². The van der Waals surface area contributed by atoms with Gasteiger partial charge in [0.15, 0.2) is 0 Å². The van der Waals surface area contributed by atoms with Gasteiger partial charge in [0.25, 0.3) is 0 Å². The highest BCUT2D eigenvalue weighted by Crippen LogP contribution is 2.22. The van der Waals surface area contributed by atoms with Crippen molar-refractivity contribution >= 4 is 17.4 Å². The Morgan fingerprint density at radius 2 is 2.20 bits per heavy atom. The Balaban J connectivity index is 1.96. The van der Waals surface area contributed by atoms with Crippen LogP contribution in [0.4, 0.5) is 5.82 Å². The molecule has 2 rings (SSSR count). The third-order valence-electron chi connectivity index (χ3n) is 3.18. The molecule has 0 saturated carbocycles. The number of aromatic nitrogens is 2. The van der Waals surface area contributed by atoms with E-state index in [1.165, 1.54) is 6.33 Å². The minimum Gasteiger partial charge on any atom is -0.469 e. The van der Waals surface area contributed by atoms with Crippen LogP contribution in [0.15, 0.2) is 29.1 Å². The number of nitrogens with one attached hydrogen (secondary N) is 1. The first-order chi connectivity index (χ1) is 9.70. The summed E-state index contributed by atoms with van der Waals surface area (Å²) in [6.45, 7) is 4.25. The van der Waals surface area contributed by atoms with Gasteiger partial charge in [-0.1, -0.05) is 24.9 Å². The molecule has 2 heterocycles. The van der Waals surface area contributed by atoms with Crippen molar-refractivity contribution in [2.24, 2.45) is 0 Å². The van der Waals surface area contributed by atoms with Crippen LogP contribution in [0.25, 0.3) is 0 Å². The second-order valence-electron chi connectivity index (χ2n) is 4.91. The smallest absolute Gasteiger partial charge is 0.137 e. The average molecular weight is 294 g/mol. The number of anilines is 1. The van der Waals surface area contributed by atoms with E-state index in [1.807, 2.05) is 12.1 Å². The summed E-state index contributed by atoms with van der Waals surface area (Å²) in [6, 6.07) is 4.20. The second-order valence-corrected chi connectivity index (χ2v) is 5.26. The fourth-order valence-corrected chi connectivity index (χ4v) is 2.33. The highest BCUT2D eigenvalue weighted by atomic mass is 35.5. The molecule has 0 aliphatic rings. The summed E-state index contributed by atoms with van der Waals surface area (Å²) in [6.07, 6.45) is 6.99. The average Bonchev–Trinajstić information content (AvgIpc) is 2.94. The lowest BCUT2D eigenvalue weighted by atomic mass is 10.1. The number of aryl methyl sites for hydroxylation is 1. The summed E-state index contributed by atoms with van der Waals surface area (Å²) in [4.78, 5) is 8.36. The van der Waals surface area contributed by atoms with Crippen LogP contribution in [0.1, 0.15) is 38.0 Å². The van der Waals surface area contributed by atoms with Crippen LogP contribution < -0.4 is 5.32 Å². The van der Waals surface area contributed by atoms with E-state index in [0.717, 1.165) is 42.8 Å². The summed E-state index contributed by atoms with van der Waals surface area (Å²) in [5.74, 6) is 1.85. The number of hydrogen-bond donors (Lipinski definition) is 1. The van der Waals surface area contributed by atoms with Crippen LogP contribution in [0.3, 0.4) is 0 Å². The first-order valence-corrected chi connectivity index (χ1v) is 7.36. The molecular weight excluding hydrogens is 274 g/mol. The largest absolute Gasteiger partial charge is 0.469 e. The molecule has 0 bridgehead atoms. The summed E-state index contributed by atoms with van der Waals surface area (Å²) < 4.78 is 5.34. The van der Waals surface area contributed by atoms with Crippen LogP contribution in [0.2, 0.25) is 5.15 Å². The van der Waals surface area contributed by atoms with Gasteiger partial charge in [0.1, 0.15) is 23.1 Å². The Hall–Kier alpha value is -1.55. The number of hydrogen-bond acceptors (Lipinski definition) is 4. The maximum atomic E-state index is 6.14. The van der Waals surface area contributed by atoms with Crippen molar-refractivity contribution in [1.82, 2.24) is 9.97 Å². The van der Waals surface area contributed by atoms with Crippen molar-refractivity contribution < 1.29 is 4.42 Å². The zero-order chi connectivity index (χ0) is 14.4. The number of nitrogens with zero attached hydrogens (tertiary/aromatic N) is 2. The summed E-state index contributed by atoms with van der Waals surface area (Å²) in [7, 11) is 0. The Morgan fingerprint density at radius 1 is 1.35 bits per heavy atom. The second kappa shape index (κ2) is 7.29. The standard InChI is InChI=1S/C15H20ClN3O/c1-3-5-13-14(16)17-10-18-15(13)19-11(2)7-8-12-6-4-9-20-12/h4,6,9-11H,3,5,7-8H2,1-2H3,(H,17,18,19). The number of halogens is 1. The molecule has 2 aromatic rings. The lowest BCUT2D eigenvalue weighted by molar-refractivity contribution is 0.494. The van der Waals surface area contributed by atoms with Gasteiger partial charge in [-0.2, -0.15) is 0 Å². The Labute approximate surface area is 124 Å². The van der Waals surface area contributed by atoms with E-state index in [0.29, 0.717) is 11.2 Å². The van der Waals surface area contributed by atoms with Crippen LogP contribution in [0, 0.1) is 0 Å². The Bertz CT molecular complexity index is 528. The van der Waals surface area contributed by atoms with Gasteiger partial charge in [0.05, 0.1) is 6.26 Å². The zero-order valence-corrected chi connectivity index (χ0v) is 12.7. The molecule has 0 aliphatic heterocycles. The molecule has 0 radical (unpaired) electrons. The van der Waals surface area contributed by atoms with Gasteiger partial charge in [0, 0.05) is 18.0 Å². The van der Waals surface area contributed by atoms with Gasteiger partial charge in [-0.15, -0.1) is 0 Å². The van der Waals surface area contributed by atoms with Crippen molar-refractivity contribution in [2.75, 3.05) is 5.32 Å². The third kappa shape index (κ3) is 3.97. The van der Waals surface area contributed by atoms with E-state index < -0.39 is 0 Å². The molecule has 2 aromatic heterocycles. The van der Waals surface area contributed by atoms with Crippen LogP contribution in [-0.4, -0.2) is 16.0 Å². The maximum absolute atomic E-state index is 6.14. The van der Waals surface area contributed by atoms with Gasteiger partial charge in [-0.05, 0) is 31.9 Å². The molecule has 0 spiro atoms. The molecule has 5 heteroatoms. The monoisotopic (exact) mass is 293 g/mol. The topological polar surface area (TPSA) is 51.0 Å². The zero-order valence-electron chi connectivity index (χ0n) is 11.9. The van der Waals surface area contributed by atoms with Gasteiger partial charge in [0.2, 0.25) is 0 Å². The first kappa shape index (κ1) is 14.9. The third-order valence-corrected chi connectivity index (χ3v) is 3.51. The molecule has 1 atom stereocenters. The lowest BCUT2D eigenvalue weighted by Crippen LogP contribution is -2.18. The van der Waals surface area contributed by atoms with Gasteiger partial charge >= 0.3 is 0 Å². The predicted molar refractivity (Wildman–Crippen MR) is 81.2 cm³/mol. The van der Waals surface area contributed by atoms with Crippen molar-refractivity contribution in [1.29, 1.82) is 0 Å². The number of furan rings is 1. The van der Waals surface area contributed by atoms with E-state index in [9.17, 15) is 0 Å². The highest BCUT2D eigenvalue weighted by molar-refractivity contribution is 6.30. The minimum atomic E-state index is 0.293. The predicted octanol–water partition coefficient (Wildman–Crippen LogP) is 4.11. The SMILES string of the molecule is CCCc1c(Cl)ncnc1NC(C)CCc1ccco1. The molecule has 108 valence electrons. The van der Waals surface area contributed by atoms with Crippen molar-refractivity contribution in [3.63, 3.8) is 0 Å². The molecule has 1 N–H and O–H groups in total. The summed E-state index contributed by atoms with van der Waals surface area (Å²) >= 11 is 6.14. The van der Waals surface area contributed by atoms with Gasteiger partial charge in [-0.3, -0.25) is 0 Å². The molecular formula is C15H20ClN3O. The van der Waals surface area contributed by atoms with Crippen molar-refractivity contribution in [3.8, 4) is 0 Å². The molecule has 0 aliphatic carbocycles. The van der Waals surface area contributed by atoms with Crippen LogP contribution in [0.5, 0.6) is 0 Å². The fraction of sp³-hybridized carbons (Fsp3) is 0.467. The molecule has 0 aromatic carbocycles. The molecule has 0 amide bonds. The lowest BCUT2D eigenvalue weighted by Gasteiger charge is -2.17. The Morgan fingerprint density at radius 3 is 2.90 bits per heavy atom.